The van der Waals surface area contributed by atoms with Gasteiger partial charge in [-0.3, -0.25) is 4.79 Å². The molecule has 0 aromatic carbocycles. The van der Waals surface area contributed by atoms with Crippen LogP contribution in [-0.4, -0.2) is 23.3 Å². The van der Waals surface area contributed by atoms with Crippen LogP contribution in [0.4, 0.5) is 0 Å². The first-order valence-electron chi connectivity index (χ1n) is 4.56. The Morgan fingerprint density at radius 1 is 1.58 bits per heavy atom. The Kier molecular flexibility index (Phi) is 3.53. The molecule has 1 aliphatic rings. The Hall–Kier alpha value is -0.570. The molecule has 0 aromatic rings. The lowest BCUT2D eigenvalue weighted by Gasteiger charge is -2.11. The van der Waals surface area contributed by atoms with E-state index in [-0.39, 0.29) is 18.5 Å². The fourth-order valence-corrected chi connectivity index (χ4v) is 1.48. The van der Waals surface area contributed by atoms with E-state index in [9.17, 15) is 4.79 Å². The maximum Gasteiger partial charge on any atom is 0.308 e. The quantitative estimate of drug-likeness (QED) is 0.651. The van der Waals surface area contributed by atoms with Crippen LogP contribution in [0.15, 0.2) is 0 Å². The van der Waals surface area contributed by atoms with Gasteiger partial charge in [-0.25, -0.2) is 0 Å². The largest absolute Gasteiger partial charge is 0.462 e. The van der Waals surface area contributed by atoms with Gasteiger partial charge in [-0.1, -0.05) is 0 Å². The van der Waals surface area contributed by atoms with Gasteiger partial charge in [-0.15, -0.1) is 0 Å². The standard InChI is InChI=1S/C9H16O3/c1-7(10)6-9(11)12-8-4-2-3-5-8/h7-8,10H,2-6H2,1H3. The van der Waals surface area contributed by atoms with Crippen LogP contribution in [-0.2, 0) is 9.53 Å². The number of aliphatic hydroxyl groups is 1. The predicted octanol–water partition coefficient (Wildman–Crippen LogP) is 1.24. The number of esters is 1. The zero-order valence-electron chi connectivity index (χ0n) is 7.45. The molecule has 0 saturated heterocycles. The second-order valence-electron chi connectivity index (χ2n) is 3.45. The average molecular weight is 172 g/mol. The van der Waals surface area contributed by atoms with Crippen molar-refractivity contribution in [3.8, 4) is 0 Å². The number of rotatable bonds is 3. The number of aliphatic hydroxyl groups excluding tert-OH is 1. The summed E-state index contributed by atoms with van der Waals surface area (Å²) in [5.74, 6) is -0.267. The van der Waals surface area contributed by atoms with E-state index in [4.69, 9.17) is 9.84 Å². The fourth-order valence-electron chi connectivity index (χ4n) is 1.48. The minimum absolute atomic E-state index is 0.122. The molecule has 1 atom stereocenters. The van der Waals surface area contributed by atoms with Crippen LogP contribution >= 0.6 is 0 Å². The molecule has 3 heteroatoms. The normalized spacial score (nSPS) is 20.8. The first-order valence-corrected chi connectivity index (χ1v) is 4.56. The summed E-state index contributed by atoms with van der Waals surface area (Å²) in [4.78, 5) is 11.0. The Morgan fingerprint density at radius 3 is 2.67 bits per heavy atom. The van der Waals surface area contributed by atoms with Crippen molar-refractivity contribution in [3.63, 3.8) is 0 Å². The Bertz CT molecular complexity index is 148. The topological polar surface area (TPSA) is 46.5 Å². The molecule has 0 amide bonds. The van der Waals surface area contributed by atoms with Crippen LogP contribution in [0, 0.1) is 0 Å². The zero-order valence-corrected chi connectivity index (χ0v) is 7.45. The first kappa shape index (κ1) is 9.52. The molecule has 1 aliphatic carbocycles. The molecule has 0 radical (unpaired) electrons. The van der Waals surface area contributed by atoms with Gasteiger partial charge in [0.1, 0.15) is 6.10 Å². The molecule has 0 bridgehead atoms. The summed E-state index contributed by atoms with van der Waals surface area (Å²) >= 11 is 0. The van der Waals surface area contributed by atoms with Crippen LogP contribution in [0.1, 0.15) is 39.0 Å². The van der Waals surface area contributed by atoms with E-state index in [0.717, 1.165) is 25.7 Å². The Morgan fingerprint density at radius 2 is 2.17 bits per heavy atom. The van der Waals surface area contributed by atoms with E-state index in [0.29, 0.717) is 0 Å². The van der Waals surface area contributed by atoms with Crippen molar-refractivity contribution in [1.82, 2.24) is 0 Å². The molecule has 0 aromatic heterocycles. The van der Waals surface area contributed by atoms with Crippen molar-refractivity contribution < 1.29 is 14.6 Å². The van der Waals surface area contributed by atoms with E-state index in [1.54, 1.807) is 6.92 Å². The SMILES string of the molecule is CC(O)CC(=O)OC1CCCC1. The third-order valence-electron chi connectivity index (χ3n) is 2.06. The minimum Gasteiger partial charge on any atom is -0.462 e. The average Bonchev–Trinajstić information content (AvgIpc) is 2.37. The molecule has 0 spiro atoms. The minimum atomic E-state index is -0.584. The summed E-state index contributed by atoms with van der Waals surface area (Å²) in [5, 5.41) is 8.90. The molecule has 1 rings (SSSR count). The molecule has 12 heavy (non-hydrogen) atoms. The smallest absolute Gasteiger partial charge is 0.308 e. The molecule has 1 unspecified atom stereocenters. The van der Waals surface area contributed by atoms with Crippen molar-refractivity contribution >= 4 is 5.97 Å². The van der Waals surface area contributed by atoms with Crippen LogP contribution in [0.2, 0.25) is 0 Å². The van der Waals surface area contributed by atoms with Crippen LogP contribution in [0.3, 0.4) is 0 Å². The summed E-state index contributed by atoms with van der Waals surface area (Å²) in [7, 11) is 0. The molecule has 1 saturated carbocycles. The molecule has 1 fully saturated rings. The van der Waals surface area contributed by atoms with Crippen molar-refractivity contribution in [2.24, 2.45) is 0 Å². The fraction of sp³-hybridized carbons (Fsp3) is 0.889. The van der Waals surface area contributed by atoms with Gasteiger partial charge < -0.3 is 9.84 Å². The molecule has 0 heterocycles. The number of carbonyl (C=O) groups excluding carboxylic acids is 1. The highest BCUT2D eigenvalue weighted by Crippen LogP contribution is 2.21. The summed E-state index contributed by atoms with van der Waals surface area (Å²) in [6.45, 7) is 1.59. The maximum atomic E-state index is 11.0. The summed E-state index contributed by atoms with van der Waals surface area (Å²) in [6, 6.07) is 0. The van der Waals surface area contributed by atoms with Gasteiger partial charge in [-0.05, 0) is 32.6 Å². The second-order valence-corrected chi connectivity index (χ2v) is 3.45. The van der Waals surface area contributed by atoms with Crippen molar-refractivity contribution in [2.75, 3.05) is 0 Å². The van der Waals surface area contributed by atoms with Crippen molar-refractivity contribution in [3.05, 3.63) is 0 Å². The molecular formula is C9H16O3. The highest BCUT2D eigenvalue weighted by Gasteiger charge is 2.19. The zero-order chi connectivity index (χ0) is 8.97. The van der Waals surface area contributed by atoms with Gasteiger partial charge in [0.05, 0.1) is 12.5 Å². The van der Waals surface area contributed by atoms with E-state index in [1.807, 2.05) is 0 Å². The lowest BCUT2D eigenvalue weighted by atomic mass is 10.3. The van der Waals surface area contributed by atoms with Gasteiger partial charge in [0.2, 0.25) is 0 Å². The predicted molar refractivity (Wildman–Crippen MR) is 44.6 cm³/mol. The third kappa shape index (κ3) is 3.22. The summed E-state index contributed by atoms with van der Waals surface area (Å²) < 4.78 is 5.12. The lowest BCUT2D eigenvalue weighted by molar-refractivity contribution is -0.150. The third-order valence-corrected chi connectivity index (χ3v) is 2.06. The van der Waals surface area contributed by atoms with E-state index < -0.39 is 6.10 Å². The van der Waals surface area contributed by atoms with Crippen LogP contribution < -0.4 is 0 Å². The highest BCUT2D eigenvalue weighted by atomic mass is 16.5. The maximum absolute atomic E-state index is 11.0. The summed E-state index contributed by atoms with van der Waals surface area (Å²) in [5.41, 5.74) is 0. The number of ether oxygens (including phenoxy) is 1. The molecule has 70 valence electrons. The van der Waals surface area contributed by atoms with E-state index in [1.165, 1.54) is 0 Å². The van der Waals surface area contributed by atoms with E-state index >= 15 is 0 Å². The van der Waals surface area contributed by atoms with Gasteiger partial charge >= 0.3 is 5.97 Å². The molecule has 1 N–H and O–H groups in total. The van der Waals surface area contributed by atoms with Crippen molar-refractivity contribution in [2.45, 2.75) is 51.2 Å². The monoisotopic (exact) mass is 172 g/mol. The van der Waals surface area contributed by atoms with Crippen LogP contribution in [0.5, 0.6) is 0 Å². The second kappa shape index (κ2) is 4.45. The molecular weight excluding hydrogens is 156 g/mol. The first-order chi connectivity index (χ1) is 5.68. The lowest BCUT2D eigenvalue weighted by Crippen LogP contribution is -2.18. The van der Waals surface area contributed by atoms with Crippen LogP contribution in [0.25, 0.3) is 0 Å². The van der Waals surface area contributed by atoms with Crippen molar-refractivity contribution in [1.29, 1.82) is 0 Å². The Labute approximate surface area is 72.7 Å². The summed E-state index contributed by atoms with van der Waals surface area (Å²) in [6.07, 6.45) is 3.96. The Balaban J connectivity index is 2.16. The van der Waals surface area contributed by atoms with Gasteiger partial charge in [0, 0.05) is 0 Å². The number of hydrogen-bond donors (Lipinski definition) is 1. The molecule has 0 aliphatic heterocycles. The van der Waals surface area contributed by atoms with Gasteiger partial charge in [0.15, 0.2) is 0 Å². The van der Waals surface area contributed by atoms with Gasteiger partial charge in [-0.2, -0.15) is 0 Å². The van der Waals surface area contributed by atoms with Gasteiger partial charge in [0.25, 0.3) is 0 Å². The highest BCUT2D eigenvalue weighted by molar-refractivity contribution is 5.70. The molecule has 3 nitrogen and oxygen atoms in total. The number of carbonyl (C=O) groups is 1. The number of hydrogen-bond acceptors (Lipinski definition) is 3. The van der Waals surface area contributed by atoms with E-state index in [2.05, 4.69) is 0 Å².